The Kier molecular flexibility index (Phi) is 3.25. The van der Waals surface area contributed by atoms with Gasteiger partial charge in [0, 0.05) is 11.8 Å². The molecule has 6 heteroatoms. The minimum atomic E-state index is -1.26. The van der Waals surface area contributed by atoms with E-state index in [4.69, 9.17) is 10.2 Å². The van der Waals surface area contributed by atoms with Crippen LogP contribution in [0.25, 0.3) is 0 Å². The molecule has 0 fully saturated rings. The molecule has 1 rings (SSSR count). The highest BCUT2D eigenvalue weighted by Gasteiger charge is 2.10. The molecule has 0 saturated heterocycles. The second kappa shape index (κ2) is 4.43. The molecule has 0 aliphatic rings. The molecule has 0 heterocycles. The summed E-state index contributed by atoms with van der Waals surface area (Å²) in [5, 5.41) is 28.5. The van der Waals surface area contributed by atoms with Crippen LogP contribution >= 0.6 is 0 Å². The number of hydrogen-bond acceptors (Lipinski definition) is 4. The summed E-state index contributed by atoms with van der Waals surface area (Å²) in [5.74, 6) is -2.34. The highest BCUT2D eigenvalue weighted by atomic mass is 16.4. The fourth-order valence-corrected chi connectivity index (χ4v) is 0.991. The van der Waals surface area contributed by atoms with Gasteiger partial charge in [-0.1, -0.05) is 0 Å². The number of carbonyl (C=O) groups is 2. The fourth-order valence-electron chi connectivity index (χ4n) is 0.991. The number of hydrogen-bond donors (Lipinski definition) is 4. The maximum atomic E-state index is 10.8. The van der Waals surface area contributed by atoms with Gasteiger partial charge < -0.3 is 20.6 Å². The van der Waals surface area contributed by atoms with Gasteiger partial charge in [-0.3, -0.25) is 4.79 Å². The molecule has 4 N–H and O–H groups in total. The number of amides is 1. The molecule has 6 nitrogen and oxygen atoms in total. The number of aliphatic hydroxyl groups is 1. The van der Waals surface area contributed by atoms with E-state index < -0.39 is 24.2 Å². The van der Waals surface area contributed by atoms with Crippen LogP contribution < -0.4 is 5.32 Å². The molecule has 0 atom stereocenters. The summed E-state index contributed by atoms with van der Waals surface area (Å²) in [6.45, 7) is -0.679. The quantitative estimate of drug-likeness (QED) is 0.564. The summed E-state index contributed by atoms with van der Waals surface area (Å²) in [4.78, 5) is 21.3. The van der Waals surface area contributed by atoms with Gasteiger partial charge in [0.2, 0.25) is 5.91 Å². The van der Waals surface area contributed by atoms with Gasteiger partial charge in [0.15, 0.2) is 0 Å². The van der Waals surface area contributed by atoms with Crippen molar-refractivity contribution in [3.05, 3.63) is 23.8 Å². The number of nitrogens with one attached hydrogen (secondary N) is 1. The molecule has 80 valence electrons. The Labute approximate surface area is 84.8 Å². The third kappa shape index (κ3) is 2.68. The molecule has 0 aromatic heterocycles. The summed E-state index contributed by atoms with van der Waals surface area (Å²) < 4.78 is 0. The first kappa shape index (κ1) is 11.0. The van der Waals surface area contributed by atoms with Gasteiger partial charge in [-0.15, -0.1) is 0 Å². The normalized spacial score (nSPS) is 9.67. The van der Waals surface area contributed by atoms with E-state index in [1.165, 1.54) is 6.07 Å². The summed E-state index contributed by atoms with van der Waals surface area (Å²) >= 11 is 0. The number of carboxylic acids is 1. The van der Waals surface area contributed by atoms with Crippen LogP contribution in [0.1, 0.15) is 10.4 Å². The first-order valence-corrected chi connectivity index (χ1v) is 4.01. The zero-order valence-electron chi connectivity index (χ0n) is 7.60. The predicted octanol–water partition coefficient (Wildman–Crippen LogP) is 0.0212. The maximum absolute atomic E-state index is 10.8. The SMILES string of the molecule is O=C(CO)Nc1ccc(C(=O)O)c(O)c1. The van der Waals surface area contributed by atoms with E-state index in [2.05, 4.69) is 5.32 Å². The van der Waals surface area contributed by atoms with Crippen LogP contribution in [0.3, 0.4) is 0 Å². The van der Waals surface area contributed by atoms with Gasteiger partial charge >= 0.3 is 5.97 Å². The van der Waals surface area contributed by atoms with Crippen LogP contribution in [0.5, 0.6) is 5.75 Å². The monoisotopic (exact) mass is 211 g/mol. The molecule has 0 unspecified atom stereocenters. The van der Waals surface area contributed by atoms with Gasteiger partial charge in [0.05, 0.1) is 0 Å². The number of anilines is 1. The molecule has 1 aromatic rings. The highest BCUT2D eigenvalue weighted by Crippen LogP contribution is 2.21. The van der Waals surface area contributed by atoms with Crippen molar-refractivity contribution in [2.75, 3.05) is 11.9 Å². The molecular weight excluding hydrogens is 202 g/mol. The number of aromatic carboxylic acids is 1. The molecule has 0 bridgehead atoms. The van der Waals surface area contributed by atoms with Crippen LogP contribution in [0.15, 0.2) is 18.2 Å². The lowest BCUT2D eigenvalue weighted by Gasteiger charge is -2.05. The lowest BCUT2D eigenvalue weighted by molar-refractivity contribution is -0.118. The van der Waals surface area contributed by atoms with E-state index in [1.807, 2.05) is 0 Å². The third-order valence-electron chi connectivity index (χ3n) is 1.66. The van der Waals surface area contributed by atoms with Crippen molar-refractivity contribution in [2.45, 2.75) is 0 Å². The molecule has 1 amide bonds. The van der Waals surface area contributed by atoms with E-state index in [0.717, 1.165) is 12.1 Å². The summed E-state index contributed by atoms with van der Waals surface area (Å²) in [7, 11) is 0. The standard InChI is InChI=1S/C9H9NO5/c11-4-8(13)10-5-1-2-6(9(14)15)7(12)3-5/h1-3,11-12H,4H2,(H,10,13)(H,14,15). The van der Waals surface area contributed by atoms with Crippen molar-refractivity contribution in [1.29, 1.82) is 0 Å². The Morgan fingerprint density at radius 2 is 2.00 bits per heavy atom. The van der Waals surface area contributed by atoms with Crippen molar-refractivity contribution in [2.24, 2.45) is 0 Å². The van der Waals surface area contributed by atoms with Crippen LogP contribution in [-0.4, -0.2) is 33.8 Å². The largest absolute Gasteiger partial charge is 0.507 e. The Balaban J connectivity index is 2.91. The Hall–Kier alpha value is -2.08. The van der Waals surface area contributed by atoms with Crippen LogP contribution in [0.2, 0.25) is 0 Å². The number of phenols is 1. The van der Waals surface area contributed by atoms with Gasteiger partial charge in [-0.05, 0) is 12.1 Å². The van der Waals surface area contributed by atoms with E-state index >= 15 is 0 Å². The van der Waals surface area contributed by atoms with Crippen molar-refractivity contribution >= 4 is 17.6 Å². The third-order valence-corrected chi connectivity index (χ3v) is 1.66. The maximum Gasteiger partial charge on any atom is 0.339 e. The summed E-state index contributed by atoms with van der Waals surface area (Å²) in [6.07, 6.45) is 0. The van der Waals surface area contributed by atoms with Crippen LogP contribution in [-0.2, 0) is 4.79 Å². The van der Waals surface area contributed by atoms with Crippen molar-refractivity contribution in [1.82, 2.24) is 0 Å². The van der Waals surface area contributed by atoms with E-state index in [1.54, 1.807) is 0 Å². The lowest BCUT2D eigenvalue weighted by Crippen LogP contribution is -2.15. The highest BCUT2D eigenvalue weighted by molar-refractivity contribution is 5.94. The smallest absolute Gasteiger partial charge is 0.339 e. The number of aromatic hydroxyl groups is 1. The molecule has 1 aromatic carbocycles. The van der Waals surface area contributed by atoms with Gasteiger partial charge in [-0.25, -0.2) is 4.79 Å². The lowest BCUT2D eigenvalue weighted by atomic mass is 10.2. The van der Waals surface area contributed by atoms with Gasteiger partial charge in [0.25, 0.3) is 0 Å². The average molecular weight is 211 g/mol. The molecular formula is C9H9NO5. The minimum Gasteiger partial charge on any atom is -0.507 e. The van der Waals surface area contributed by atoms with Crippen molar-refractivity contribution in [3.63, 3.8) is 0 Å². The zero-order valence-corrected chi connectivity index (χ0v) is 7.60. The second-order valence-corrected chi connectivity index (χ2v) is 2.74. The average Bonchev–Trinajstić information content (AvgIpc) is 2.17. The van der Waals surface area contributed by atoms with Crippen molar-refractivity contribution in [3.8, 4) is 5.75 Å². The number of benzene rings is 1. The number of aliphatic hydroxyl groups excluding tert-OH is 1. The zero-order chi connectivity index (χ0) is 11.4. The minimum absolute atomic E-state index is 0.219. The number of carboxylic acid groups (broad SMARTS) is 1. The molecule has 0 saturated carbocycles. The first-order valence-electron chi connectivity index (χ1n) is 4.01. The Morgan fingerprint density at radius 3 is 2.47 bits per heavy atom. The molecule has 0 radical (unpaired) electrons. The van der Waals surface area contributed by atoms with Crippen molar-refractivity contribution < 1.29 is 24.9 Å². The number of carbonyl (C=O) groups excluding carboxylic acids is 1. The molecule has 0 spiro atoms. The van der Waals surface area contributed by atoms with Crippen LogP contribution in [0, 0.1) is 0 Å². The van der Waals surface area contributed by atoms with E-state index in [-0.39, 0.29) is 11.3 Å². The van der Waals surface area contributed by atoms with Gasteiger partial charge in [0.1, 0.15) is 17.9 Å². The first-order chi connectivity index (χ1) is 7.04. The second-order valence-electron chi connectivity index (χ2n) is 2.74. The molecule has 0 aliphatic heterocycles. The Morgan fingerprint density at radius 1 is 1.33 bits per heavy atom. The Bertz CT molecular complexity index is 401. The molecule has 0 aliphatic carbocycles. The predicted molar refractivity (Wildman–Crippen MR) is 50.8 cm³/mol. The molecule has 15 heavy (non-hydrogen) atoms. The van der Waals surface area contributed by atoms with Gasteiger partial charge in [-0.2, -0.15) is 0 Å². The van der Waals surface area contributed by atoms with E-state index in [0.29, 0.717) is 0 Å². The summed E-state index contributed by atoms with van der Waals surface area (Å²) in [6, 6.07) is 3.57. The number of rotatable bonds is 3. The van der Waals surface area contributed by atoms with E-state index in [9.17, 15) is 14.7 Å². The van der Waals surface area contributed by atoms with Crippen LogP contribution in [0.4, 0.5) is 5.69 Å². The topological polar surface area (TPSA) is 107 Å². The summed E-state index contributed by atoms with van der Waals surface area (Å²) in [5.41, 5.74) is -0.0338. The fraction of sp³-hybridized carbons (Fsp3) is 0.111.